The van der Waals surface area contributed by atoms with Crippen LogP contribution in [0.2, 0.25) is 0 Å². The average Bonchev–Trinajstić information content (AvgIpc) is 2.26. The highest BCUT2D eigenvalue weighted by molar-refractivity contribution is 5.88. The summed E-state index contributed by atoms with van der Waals surface area (Å²) >= 11 is 0. The van der Waals surface area contributed by atoms with E-state index in [1.165, 1.54) is 11.6 Å². The Morgan fingerprint density at radius 2 is 2.12 bits per heavy atom. The summed E-state index contributed by atoms with van der Waals surface area (Å²) in [6, 6.07) is 6.14. The normalized spacial score (nSPS) is 10.6. The first kappa shape index (κ1) is 13.3. The maximum absolute atomic E-state index is 11.3. The average molecular weight is 233 g/mol. The molecule has 0 aliphatic rings. The molecule has 0 unspecified atom stereocenters. The molecule has 0 saturated carbocycles. The van der Waals surface area contributed by atoms with Crippen LogP contribution >= 0.6 is 0 Å². The third kappa shape index (κ3) is 3.94. The van der Waals surface area contributed by atoms with Gasteiger partial charge in [-0.25, -0.2) is 4.79 Å². The van der Waals surface area contributed by atoms with Crippen LogP contribution < -0.4 is 4.90 Å². The van der Waals surface area contributed by atoms with Crippen molar-refractivity contribution < 1.29 is 9.53 Å². The van der Waals surface area contributed by atoms with Gasteiger partial charge in [-0.2, -0.15) is 0 Å². The van der Waals surface area contributed by atoms with Gasteiger partial charge in [0, 0.05) is 25.9 Å². The van der Waals surface area contributed by atoms with Crippen molar-refractivity contribution in [2.45, 2.75) is 13.8 Å². The number of hydrogen-bond acceptors (Lipinski definition) is 3. The Labute approximate surface area is 103 Å². The third-order valence-electron chi connectivity index (χ3n) is 2.35. The minimum absolute atomic E-state index is 0.307. The first-order valence-corrected chi connectivity index (χ1v) is 5.67. The summed E-state index contributed by atoms with van der Waals surface area (Å²) in [6.07, 6.45) is 3.26. The van der Waals surface area contributed by atoms with Gasteiger partial charge in [-0.1, -0.05) is 11.6 Å². The van der Waals surface area contributed by atoms with E-state index in [1.54, 1.807) is 13.0 Å². The topological polar surface area (TPSA) is 29.5 Å². The number of rotatable bonds is 4. The summed E-state index contributed by atoms with van der Waals surface area (Å²) in [5, 5.41) is 0. The highest BCUT2D eigenvalue weighted by Crippen LogP contribution is 2.21. The molecule has 0 fully saturated rings. The first-order valence-electron chi connectivity index (χ1n) is 5.67. The van der Waals surface area contributed by atoms with Crippen molar-refractivity contribution in [3.63, 3.8) is 0 Å². The van der Waals surface area contributed by atoms with Crippen molar-refractivity contribution >= 4 is 17.7 Å². The van der Waals surface area contributed by atoms with Crippen molar-refractivity contribution in [3.8, 4) is 0 Å². The minimum Gasteiger partial charge on any atom is -0.463 e. The van der Waals surface area contributed by atoms with Gasteiger partial charge in [0.1, 0.15) is 0 Å². The van der Waals surface area contributed by atoms with Crippen LogP contribution in [0.1, 0.15) is 18.1 Å². The molecule has 1 aromatic rings. The molecule has 0 saturated heterocycles. The molecular weight excluding hydrogens is 214 g/mol. The van der Waals surface area contributed by atoms with Crippen LogP contribution in [0.5, 0.6) is 0 Å². The van der Waals surface area contributed by atoms with Gasteiger partial charge in [0.25, 0.3) is 0 Å². The van der Waals surface area contributed by atoms with Crippen molar-refractivity contribution in [2.24, 2.45) is 0 Å². The predicted molar refractivity (Wildman–Crippen MR) is 71.2 cm³/mol. The lowest BCUT2D eigenvalue weighted by molar-refractivity contribution is -0.137. The highest BCUT2D eigenvalue weighted by atomic mass is 16.5. The van der Waals surface area contributed by atoms with Gasteiger partial charge < -0.3 is 9.64 Å². The minimum atomic E-state index is -0.307. The largest absolute Gasteiger partial charge is 0.463 e. The molecule has 1 rings (SSSR count). The predicted octanol–water partition coefficient (Wildman–Crippen LogP) is 2.64. The molecule has 92 valence electrons. The molecule has 0 amide bonds. The summed E-state index contributed by atoms with van der Waals surface area (Å²) in [6.45, 7) is 4.22. The zero-order valence-corrected chi connectivity index (χ0v) is 10.9. The lowest BCUT2D eigenvalue weighted by Crippen LogP contribution is -2.10. The van der Waals surface area contributed by atoms with E-state index in [4.69, 9.17) is 4.74 Å². The van der Waals surface area contributed by atoms with E-state index >= 15 is 0 Å². The molecule has 0 N–H and O–H groups in total. The van der Waals surface area contributed by atoms with Crippen LogP contribution in [0.3, 0.4) is 0 Å². The fourth-order valence-electron chi connectivity index (χ4n) is 1.56. The highest BCUT2D eigenvalue weighted by Gasteiger charge is 2.02. The molecule has 0 aromatic heterocycles. The zero-order valence-electron chi connectivity index (χ0n) is 10.9. The molecule has 17 heavy (non-hydrogen) atoms. The quantitative estimate of drug-likeness (QED) is 0.591. The Morgan fingerprint density at radius 1 is 1.41 bits per heavy atom. The zero-order chi connectivity index (χ0) is 12.8. The van der Waals surface area contributed by atoms with Gasteiger partial charge in [0.15, 0.2) is 0 Å². The van der Waals surface area contributed by atoms with Crippen molar-refractivity contribution in [1.82, 2.24) is 0 Å². The van der Waals surface area contributed by atoms with E-state index in [0.29, 0.717) is 6.61 Å². The fourth-order valence-corrected chi connectivity index (χ4v) is 1.56. The molecule has 0 spiro atoms. The van der Waals surface area contributed by atoms with Gasteiger partial charge in [-0.05, 0) is 37.6 Å². The Morgan fingerprint density at radius 3 is 2.71 bits per heavy atom. The lowest BCUT2D eigenvalue weighted by atomic mass is 10.1. The second-order valence-electron chi connectivity index (χ2n) is 4.04. The number of ether oxygens (including phenoxy) is 1. The van der Waals surface area contributed by atoms with Gasteiger partial charge >= 0.3 is 5.97 Å². The monoisotopic (exact) mass is 233 g/mol. The van der Waals surface area contributed by atoms with E-state index in [2.05, 4.69) is 6.07 Å². The fraction of sp³-hybridized carbons (Fsp3) is 0.357. The Balaban J connectivity index is 2.96. The van der Waals surface area contributed by atoms with Crippen LogP contribution in [-0.4, -0.2) is 26.7 Å². The third-order valence-corrected chi connectivity index (χ3v) is 2.35. The van der Waals surface area contributed by atoms with E-state index in [0.717, 1.165) is 11.3 Å². The molecule has 0 bridgehead atoms. The Bertz CT molecular complexity index is 422. The number of carbonyl (C=O) groups is 1. The summed E-state index contributed by atoms with van der Waals surface area (Å²) in [5.74, 6) is -0.307. The maximum Gasteiger partial charge on any atom is 0.330 e. The molecule has 1 aromatic carbocycles. The van der Waals surface area contributed by atoms with Crippen LogP contribution in [0.25, 0.3) is 6.08 Å². The van der Waals surface area contributed by atoms with Crippen LogP contribution in [0.15, 0.2) is 24.3 Å². The molecule has 0 aliphatic carbocycles. The van der Waals surface area contributed by atoms with Crippen molar-refractivity contribution in [1.29, 1.82) is 0 Å². The number of benzene rings is 1. The van der Waals surface area contributed by atoms with Gasteiger partial charge in [0.2, 0.25) is 0 Å². The van der Waals surface area contributed by atoms with Crippen LogP contribution in [0, 0.1) is 6.92 Å². The molecule has 0 radical (unpaired) electrons. The second-order valence-corrected chi connectivity index (χ2v) is 4.04. The lowest BCUT2D eigenvalue weighted by Gasteiger charge is -2.16. The summed E-state index contributed by atoms with van der Waals surface area (Å²) in [5.41, 5.74) is 3.26. The summed E-state index contributed by atoms with van der Waals surface area (Å²) < 4.78 is 4.85. The molecule has 0 aliphatic heterocycles. The summed E-state index contributed by atoms with van der Waals surface area (Å²) in [4.78, 5) is 13.3. The summed E-state index contributed by atoms with van der Waals surface area (Å²) in [7, 11) is 3.96. The van der Waals surface area contributed by atoms with E-state index in [-0.39, 0.29) is 5.97 Å². The molecule has 0 heterocycles. The Hall–Kier alpha value is -1.77. The molecule has 3 nitrogen and oxygen atoms in total. The van der Waals surface area contributed by atoms with Gasteiger partial charge in [0.05, 0.1) is 6.61 Å². The number of esters is 1. The number of hydrogen-bond donors (Lipinski definition) is 0. The molecular formula is C14H19NO2. The van der Waals surface area contributed by atoms with Gasteiger partial charge in [-0.15, -0.1) is 0 Å². The standard InChI is InChI=1S/C14H19NO2/c1-5-17-14(16)9-7-12-10-11(2)6-8-13(12)15(3)4/h6-10H,5H2,1-4H3/b9-7+. The maximum atomic E-state index is 11.3. The number of anilines is 1. The number of nitrogens with zero attached hydrogens (tertiary/aromatic N) is 1. The number of aryl methyl sites for hydroxylation is 1. The smallest absolute Gasteiger partial charge is 0.330 e. The van der Waals surface area contributed by atoms with Crippen molar-refractivity contribution in [3.05, 3.63) is 35.4 Å². The van der Waals surface area contributed by atoms with E-state index < -0.39 is 0 Å². The number of carbonyl (C=O) groups excluding carboxylic acids is 1. The second kappa shape index (κ2) is 6.09. The van der Waals surface area contributed by atoms with Gasteiger partial charge in [-0.3, -0.25) is 0 Å². The van der Waals surface area contributed by atoms with E-state index in [9.17, 15) is 4.79 Å². The SMILES string of the molecule is CCOC(=O)/C=C/c1cc(C)ccc1N(C)C. The van der Waals surface area contributed by atoms with Crippen LogP contribution in [0.4, 0.5) is 5.69 Å². The molecule has 0 atom stereocenters. The molecule has 3 heteroatoms. The van der Waals surface area contributed by atoms with E-state index in [1.807, 2.05) is 38.1 Å². The van der Waals surface area contributed by atoms with Crippen molar-refractivity contribution in [2.75, 3.05) is 25.6 Å². The first-order chi connectivity index (χ1) is 8.04. The Kier molecular flexibility index (Phi) is 4.76. The van der Waals surface area contributed by atoms with Crippen LogP contribution in [-0.2, 0) is 9.53 Å².